The molecule has 1 fully saturated rings. The van der Waals surface area contributed by atoms with Gasteiger partial charge < -0.3 is 5.32 Å². The van der Waals surface area contributed by atoms with Gasteiger partial charge in [0.15, 0.2) is 0 Å². The van der Waals surface area contributed by atoms with E-state index in [0.29, 0.717) is 31.0 Å². The number of nitrogens with one attached hydrogen (secondary N) is 1. The Kier molecular flexibility index (Phi) is 4.52. The summed E-state index contributed by atoms with van der Waals surface area (Å²) in [5, 5.41) is 3.81. The highest BCUT2D eigenvalue weighted by molar-refractivity contribution is 6.33. The van der Waals surface area contributed by atoms with Crippen molar-refractivity contribution in [2.24, 2.45) is 0 Å². The van der Waals surface area contributed by atoms with Crippen LogP contribution >= 0.6 is 11.6 Å². The number of rotatable bonds is 3. The van der Waals surface area contributed by atoms with Crippen LogP contribution in [0.15, 0.2) is 18.5 Å². The molecule has 7 heteroatoms. The van der Waals surface area contributed by atoms with E-state index in [1.54, 1.807) is 18.5 Å². The predicted octanol–water partition coefficient (Wildman–Crippen LogP) is 3.17. The van der Waals surface area contributed by atoms with Crippen LogP contribution in [0.3, 0.4) is 0 Å². The van der Waals surface area contributed by atoms with E-state index in [9.17, 15) is 13.2 Å². The van der Waals surface area contributed by atoms with Gasteiger partial charge in [-0.15, -0.1) is 0 Å². The number of hydrogen-bond donors (Lipinski definition) is 1. The normalized spacial score (nSPS) is 18.5. The molecule has 2 rings (SSSR count). The van der Waals surface area contributed by atoms with Gasteiger partial charge in [-0.3, -0.25) is 9.88 Å². The summed E-state index contributed by atoms with van der Waals surface area (Å²) in [6.07, 6.45) is 0.444. The molecule has 0 atom stereocenters. The maximum absolute atomic E-state index is 12.3. The third-order valence-corrected chi connectivity index (χ3v) is 3.45. The first kappa shape index (κ1) is 14.4. The van der Waals surface area contributed by atoms with Crippen molar-refractivity contribution < 1.29 is 13.2 Å². The van der Waals surface area contributed by atoms with Gasteiger partial charge in [0.05, 0.1) is 23.5 Å². The summed E-state index contributed by atoms with van der Waals surface area (Å²) < 4.78 is 36.8. The lowest BCUT2D eigenvalue weighted by Crippen LogP contribution is -2.43. The first-order valence-corrected chi connectivity index (χ1v) is 6.47. The highest BCUT2D eigenvalue weighted by Crippen LogP contribution is 2.24. The lowest BCUT2D eigenvalue weighted by atomic mass is 10.0. The lowest BCUT2D eigenvalue weighted by molar-refractivity contribution is -0.147. The molecular weight excluding hydrogens is 279 g/mol. The Hall–Kier alpha value is -1.01. The number of alkyl halides is 3. The molecule has 1 aromatic rings. The molecule has 0 aliphatic carbocycles. The summed E-state index contributed by atoms with van der Waals surface area (Å²) >= 11 is 6.00. The molecule has 0 unspecified atom stereocenters. The van der Waals surface area contributed by atoms with Crippen LogP contribution in [0.1, 0.15) is 12.8 Å². The molecule has 106 valence electrons. The Morgan fingerprint density at radius 3 is 2.63 bits per heavy atom. The van der Waals surface area contributed by atoms with Crippen molar-refractivity contribution in [2.75, 3.05) is 25.0 Å². The molecule has 0 bridgehead atoms. The van der Waals surface area contributed by atoms with Gasteiger partial charge in [-0.05, 0) is 18.9 Å². The van der Waals surface area contributed by atoms with Gasteiger partial charge in [0.2, 0.25) is 0 Å². The molecule has 19 heavy (non-hydrogen) atoms. The summed E-state index contributed by atoms with van der Waals surface area (Å²) in [4.78, 5) is 5.40. The van der Waals surface area contributed by atoms with Gasteiger partial charge in [-0.2, -0.15) is 13.2 Å². The number of aromatic nitrogens is 1. The van der Waals surface area contributed by atoms with Gasteiger partial charge in [0, 0.05) is 25.3 Å². The summed E-state index contributed by atoms with van der Waals surface area (Å²) in [5.74, 6) is 0. The zero-order valence-corrected chi connectivity index (χ0v) is 11.0. The van der Waals surface area contributed by atoms with Crippen LogP contribution in [0, 0.1) is 0 Å². The number of halogens is 4. The third kappa shape index (κ3) is 4.54. The summed E-state index contributed by atoms with van der Waals surface area (Å²) in [6, 6.07) is 1.83. The van der Waals surface area contributed by atoms with E-state index in [1.807, 2.05) is 0 Å². The predicted molar refractivity (Wildman–Crippen MR) is 68.4 cm³/mol. The van der Waals surface area contributed by atoms with Crippen molar-refractivity contribution >= 4 is 17.3 Å². The van der Waals surface area contributed by atoms with Gasteiger partial charge in [-0.25, -0.2) is 0 Å². The van der Waals surface area contributed by atoms with Crippen molar-refractivity contribution in [1.82, 2.24) is 9.88 Å². The molecule has 1 saturated heterocycles. The zero-order chi connectivity index (χ0) is 13.9. The Labute approximate surface area is 114 Å². The standard InChI is InChI=1S/C12H15ClF3N3/c13-10-1-4-17-7-11(10)18-9-2-5-19(6-3-9)8-12(14,15)16/h1,4,7,9,18H,2-3,5-6,8H2. The first-order chi connectivity index (χ1) is 8.94. The number of piperidine rings is 1. The van der Waals surface area contributed by atoms with E-state index in [2.05, 4.69) is 10.3 Å². The van der Waals surface area contributed by atoms with E-state index < -0.39 is 12.7 Å². The quantitative estimate of drug-likeness (QED) is 0.928. The molecule has 3 nitrogen and oxygen atoms in total. The van der Waals surface area contributed by atoms with E-state index in [1.165, 1.54) is 4.90 Å². The van der Waals surface area contributed by atoms with Crippen molar-refractivity contribution in [3.63, 3.8) is 0 Å². The Morgan fingerprint density at radius 1 is 1.37 bits per heavy atom. The number of anilines is 1. The second kappa shape index (κ2) is 5.96. The monoisotopic (exact) mass is 293 g/mol. The van der Waals surface area contributed by atoms with E-state index >= 15 is 0 Å². The summed E-state index contributed by atoms with van der Waals surface area (Å²) in [7, 11) is 0. The number of hydrogen-bond acceptors (Lipinski definition) is 3. The molecule has 1 aliphatic rings. The van der Waals surface area contributed by atoms with Gasteiger partial charge >= 0.3 is 6.18 Å². The van der Waals surface area contributed by atoms with Crippen LogP contribution in [-0.4, -0.2) is 41.7 Å². The fourth-order valence-electron chi connectivity index (χ4n) is 2.19. The van der Waals surface area contributed by atoms with Crippen LogP contribution in [0.25, 0.3) is 0 Å². The molecule has 0 radical (unpaired) electrons. The van der Waals surface area contributed by atoms with Crippen LogP contribution in [0.2, 0.25) is 5.02 Å². The fourth-order valence-corrected chi connectivity index (χ4v) is 2.35. The molecule has 0 spiro atoms. The maximum atomic E-state index is 12.3. The molecule has 0 aromatic carbocycles. The van der Waals surface area contributed by atoms with Crippen LogP contribution in [0.5, 0.6) is 0 Å². The molecule has 1 aromatic heterocycles. The second-order valence-corrected chi connectivity index (χ2v) is 5.07. The van der Waals surface area contributed by atoms with Crippen molar-refractivity contribution in [3.8, 4) is 0 Å². The first-order valence-electron chi connectivity index (χ1n) is 6.09. The molecule has 2 heterocycles. The van der Waals surface area contributed by atoms with E-state index in [4.69, 9.17) is 11.6 Å². The number of nitrogens with zero attached hydrogens (tertiary/aromatic N) is 2. The number of likely N-dealkylation sites (tertiary alicyclic amines) is 1. The smallest absolute Gasteiger partial charge is 0.380 e. The second-order valence-electron chi connectivity index (χ2n) is 4.67. The highest BCUT2D eigenvalue weighted by atomic mass is 35.5. The van der Waals surface area contributed by atoms with Crippen molar-refractivity contribution in [3.05, 3.63) is 23.5 Å². The molecular formula is C12H15ClF3N3. The zero-order valence-electron chi connectivity index (χ0n) is 10.3. The molecule has 1 aliphatic heterocycles. The van der Waals surface area contributed by atoms with E-state index in [-0.39, 0.29) is 6.04 Å². The largest absolute Gasteiger partial charge is 0.401 e. The lowest BCUT2D eigenvalue weighted by Gasteiger charge is -2.33. The Bertz CT molecular complexity index is 417. The summed E-state index contributed by atoms with van der Waals surface area (Å²) in [5.41, 5.74) is 0.735. The van der Waals surface area contributed by atoms with Gasteiger partial charge in [0.1, 0.15) is 0 Å². The van der Waals surface area contributed by atoms with Gasteiger partial charge in [-0.1, -0.05) is 11.6 Å². The molecule has 0 saturated carbocycles. The van der Waals surface area contributed by atoms with E-state index in [0.717, 1.165) is 5.69 Å². The SMILES string of the molecule is FC(F)(F)CN1CCC(Nc2cnccc2Cl)CC1. The van der Waals surface area contributed by atoms with Crippen LogP contribution < -0.4 is 5.32 Å². The maximum Gasteiger partial charge on any atom is 0.401 e. The minimum Gasteiger partial charge on any atom is -0.380 e. The Morgan fingerprint density at radius 2 is 2.05 bits per heavy atom. The molecule has 1 N–H and O–H groups in total. The van der Waals surface area contributed by atoms with Crippen LogP contribution in [0.4, 0.5) is 18.9 Å². The fraction of sp³-hybridized carbons (Fsp3) is 0.583. The van der Waals surface area contributed by atoms with Crippen molar-refractivity contribution in [1.29, 1.82) is 0 Å². The highest BCUT2D eigenvalue weighted by Gasteiger charge is 2.32. The number of pyridine rings is 1. The Balaban J connectivity index is 1.82. The average Bonchev–Trinajstić information content (AvgIpc) is 2.33. The average molecular weight is 294 g/mol. The van der Waals surface area contributed by atoms with Gasteiger partial charge in [0.25, 0.3) is 0 Å². The summed E-state index contributed by atoms with van der Waals surface area (Å²) in [6.45, 7) is 0.0531. The molecule has 0 amide bonds. The minimum atomic E-state index is -4.12. The van der Waals surface area contributed by atoms with Crippen molar-refractivity contribution in [2.45, 2.75) is 25.1 Å². The van der Waals surface area contributed by atoms with Crippen LogP contribution in [-0.2, 0) is 0 Å². The minimum absolute atomic E-state index is 0.145. The topological polar surface area (TPSA) is 28.2 Å². The third-order valence-electron chi connectivity index (χ3n) is 3.12.